The Balaban J connectivity index is 0.00000220. The highest BCUT2D eigenvalue weighted by molar-refractivity contribution is 5.85. The lowest BCUT2D eigenvalue weighted by molar-refractivity contribution is -0.134. The van der Waals surface area contributed by atoms with Gasteiger partial charge in [0.25, 0.3) is 0 Å². The molecule has 1 saturated heterocycles. The first-order valence-electron chi connectivity index (χ1n) is 6.90. The van der Waals surface area contributed by atoms with Crippen LogP contribution < -0.4 is 11.1 Å². The number of halogens is 1. The lowest BCUT2D eigenvalue weighted by Crippen LogP contribution is -2.52. The van der Waals surface area contributed by atoms with Crippen LogP contribution in [0, 0.1) is 0 Å². The number of rotatable bonds is 4. The molecule has 6 heteroatoms. The van der Waals surface area contributed by atoms with Crippen molar-refractivity contribution in [1.29, 1.82) is 0 Å². The molecule has 1 aromatic rings. The van der Waals surface area contributed by atoms with Crippen molar-refractivity contribution in [2.24, 2.45) is 5.73 Å². The van der Waals surface area contributed by atoms with Gasteiger partial charge < -0.3 is 16.0 Å². The van der Waals surface area contributed by atoms with Gasteiger partial charge in [-0.2, -0.15) is 0 Å². The van der Waals surface area contributed by atoms with E-state index in [-0.39, 0.29) is 30.3 Å². The topological polar surface area (TPSA) is 75.4 Å². The largest absolute Gasteiger partial charge is 0.350 e. The van der Waals surface area contributed by atoms with Crippen LogP contribution in [0.2, 0.25) is 0 Å². The predicted octanol–water partition coefficient (Wildman–Crippen LogP) is 0.715. The molecule has 5 nitrogen and oxygen atoms in total. The first-order valence-corrected chi connectivity index (χ1v) is 6.90. The molecule has 1 fully saturated rings. The van der Waals surface area contributed by atoms with Gasteiger partial charge in [0.1, 0.15) is 0 Å². The van der Waals surface area contributed by atoms with E-state index in [2.05, 4.69) is 5.32 Å². The minimum Gasteiger partial charge on any atom is -0.350 e. The van der Waals surface area contributed by atoms with E-state index < -0.39 is 6.04 Å². The summed E-state index contributed by atoms with van der Waals surface area (Å²) in [6.45, 7) is 0.558. The number of nitrogens with two attached hydrogens (primary N) is 1. The number of piperidine rings is 1. The van der Waals surface area contributed by atoms with Crippen LogP contribution in [0.25, 0.3) is 0 Å². The second-order valence-corrected chi connectivity index (χ2v) is 5.31. The molecule has 0 spiro atoms. The van der Waals surface area contributed by atoms with Crippen molar-refractivity contribution in [1.82, 2.24) is 10.2 Å². The van der Waals surface area contributed by atoms with Crippen molar-refractivity contribution in [3.05, 3.63) is 35.9 Å². The summed E-state index contributed by atoms with van der Waals surface area (Å²) in [4.78, 5) is 25.1. The van der Waals surface area contributed by atoms with E-state index >= 15 is 0 Å². The predicted molar refractivity (Wildman–Crippen MR) is 84.2 cm³/mol. The highest BCUT2D eigenvalue weighted by Gasteiger charge is 2.25. The van der Waals surface area contributed by atoms with Crippen molar-refractivity contribution in [2.45, 2.75) is 31.3 Å². The maximum atomic E-state index is 12.1. The zero-order chi connectivity index (χ0) is 14.5. The second kappa shape index (κ2) is 8.00. The molecule has 2 amide bonds. The molecule has 3 N–H and O–H groups in total. The van der Waals surface area contributed by atoms with Crippen LogP contribution >= 0.6 is 12.4 Å². The van der Waals surface area contributed by atoms with Crippen LogP contribution in [0.1, 0.15) is 18.4 Å². The first-order chi connectivity index (χ1) is 9.56. The number of carbonyl (C=O) groups excluding carboxylic acids is 2. The van der Waals surface area contributed by atoms with Gasteiger partial charge in [0, 0.05) is 26.1 Å². The number of amides is 2. The molecule has 2 atom stereocenters. The summed E-state index contributed by atoms with van der Waals surface area (Å²) in [5.74, 6) is -0.0225. The maximum Gasteiger partial charge on any atom is 0.237 e. The van der Waals surface area contributed by atoms with Gasteiger partial charge in [-0.3, -0.25) is 9.59 Å². The van der Waals surface area contributed by atoms with Crippen molar-refractivity contribution in [2.75, 3.05) is 13.6 Å². The number of hydrogen-bond donors (Lipinski definition) is 2. The quantitative estimate of drug-likeness (QED) is 0.860. The van der Waals surface area contributed by atoms with Gasteiger partial charge in [-0.25, -0.2) is 0 Å². The molecule has 116 valence electrons. The van der Waals surface area contributed by atoms with Crippen LogP contribution in [0.3, 0.4) is 0 Å². The SMILES string of the molecule is CN1CC(NC(=O)C(N)Cc2ccccc2)CCC1=O.Cl. The van der Waals surface area contributed by atoms with Crippen molar-refractivity contribution >= 4 is 24.2 Å². The minimum atomic E-state index is -0.555. The van der Waals surface area contributed by atoms with Gasteiger partial charge >= 0.3 is 0 Å². The zero-order valence-electron chi connectivity index (χ0n) is 12.1. The van der Waals surface area contributed by atoms with Gasteiger partial charge in [-0.05, 0) is 18.4 Å². The van der Waals surface area contributed by atoms with Crippen LogP contribution in [-0.2, 0) is 16.0 Å². The lowest BCUT2D eigenvalue weighted by Gasteiger charge is -2.30. The standard InChI is InChI=1S/C15H21N3O2.ClH/c1-18-10-12(7-8-14(18)19)17-15(20)13(16)9-11-5-3-2-4-6-11;/h2-6,12-13H,7-10,16H2,1H3,(H,17,20);1H. The van der Waals surface area contributed by atoms with E-state index in [1.807, 2.05) is 30.3 Å². The summed E-state index contributed by atoms with van der Waals surface area (Å²) in [5.41, 5.74) is 6.98. The number of likely N-dealkylation sites (tertiary alicyclic amines) is 1. The third kappa shape index (κ3) is 5.02. The minimum absolute atomic E-state index is 0. The highest BCUT2D eigenvalue weighted by Crippen LogP contribution is 2.10. The second-order valence-electron chi connectivity index (χ2n) is 5.31. The molecule has 0 aliphatic carbocycles. The van der Waals surface area contributed by atoms with Crippen LogP contribution in [0.15, 0.2) is 30.3 Å². The number of nitrogens with one attached hydrogen (secondary N) is 1. The molecule has 2 rings (SSSR count). The van der Waals surface area contributed by atoms with Crippen LogP contribution in [0.5, 0.6) is 0 Å². The molecule has 21 heavy (non-hydrogen) atoms. The van der Waals surface area contributed by atoms with Crippen molar-refractivity contribution in [3.63, 3.8) is 0 Å². The summed E-state index contributed by atoms with van der Waals surface area (Å²) in [6, 6.07) is 9.17. The fourth-order valence-corrected chi connectivity index (χ4v) is 2.40. The number of hydrogen-bond acceptors (Lipinski definition) is 3. The van der Waals surface area contributed by atoms with Crippen molar-refractivity contribution in [3.8, 4) is 0 Å². The average molecular weight is 312 g/mol. The molecule has 2 unspecified atom stereocenters. The van der Waals surface area contributed by atoms with E-state index in [0.717, 1.165) is 5.56 Å². The van der Waals surface area contributed by atoms with Gasteiger partial charge in [0.15, 0.2) is 0 Å². The molecular weight excluding hydrogens is 290 g/mol. The van der Waals surface area contributed by atoms with Crippen LogP contribution in [0.4, 0.5) is 0 Å². The first kappa shape index (κ1) is 17.5. The Hall–Kier alpha value is -1.59. The molecule has 0 bridgehead atoms. The Bertz CT molecular complexity index is 481. The van der Waals surface area contributed by atoms with E-state index in [4.69, 9.17) is 5.73 Å². The summed E-state index contributed by atoms with van der Waals surface area (Å²) >= 11 is 0. The molecule has 1 aromatic carbocycles. The molecule has 1 aliphatic rings. The Morgan fingerprint density at radius 3 is 2.71 bits per heavy atom. The molecule has 1 aliphatic heterocycles. The Morgan fingerprint density at radius 1 is 1.43 bits per heavy atom. The summed E-state index contributed by atoms with van der Waals surface area (Å²) in [7, 11) is 1.75. The zero-order valence-corrected chi connectivity index (χ0v) is 12.9. The lowest BCUT2D eigenvalue weighted by atomic mass is 10.0. The molecule has 0 radical (unpaired) electrons. The maximum absolute atomic E-state index is 12.1. The van der Waals surface area contributed by atoms with Gasteiger partial charge in [0.05, 0.1) is 6.04 Å². The summed E-state index contributed by atoms with van der Waals surface area (Å²) in [6.07, 6.45) is 1.69. The summed E-state index contributed by atoms with van der Waals surface area (Å²) in [5, 5.41) is 2.93. The fourth-order valence-electron chi connectivity index (χ4n) is 2.40. The number of likely N-dealkylation sites (N-methyl/N-ethyl adjacent to an activating group) is 1. The highest BCUT2D eigenvalue weighted by atomic mass is 35.5. The van der Waals surface area contributed by atoms with E-state index in [0.29, 0.717) is 25.8 Å². The number of nitrogens with zero attached hydrogens (tertiary/aromatic N) is 1. The molecular formula is C15H22ClN3O2. The Morgan fingerprint density at radius 2 is 2.10 bits per heavy atom. The van der Waals surface area contributed by atoms with E-state index in [1.165, 1.54) is 0 Å². The van der Waals surface area contributed by atoms with Crippen LogP contribution in [-0.4, -0.2) is 42.4 Å². The molecule has 0 aromatic heterocycles. The van der Waals surface area contributed by atoms with E-state index in [9.17, 15) is 9.59 Å². The smallest absolute Gasteiger partial charge is 0.237 e. The normalized spacial score (nSPS) is 19.6. The average Bonchev–Trinajstić information content (AvgIpc) is 2.44. The molecule has 1 heterocycles. The van der Waals surface area contributed by atoms with E-state index in [1.54, 1.807) is 11.9 Å². The van der Waals surface area contributed by atoms with Crippen molar-refractivity contribution < 1.29 is 9.59 Å². The fraction of sp³-hybridized carbons (Fsp3) is 0.467. The number of carbonyl (C=O) groups is 2. The Labute approximate surface area is 131 Å². The van der Waals surface area contributed by atoms with Gasteiger partial charge in [-0.15, -0.1) is 12.4 Å². The summed E-state index contributed by atoms with van der Waals surface area (Å²) < 4.78 is 0. The van der Waals surface area contributed by atoms with Gasteiger partial charge in [-0.1, -0.05) is 30.3 Å². The Kier molecular flexibility index (Phi) is 6.65. The number of benzene rings is 1. The molecule has 0 saturated carbocycles. The third-order valence-corrected chi connectivity index (χ3v) is 3.61. The monoisotopic (exact) mass is 311 g/mol. The van der Waals surface area contributed by atoms with Gasteiger partial charge in [0.2, 0.25) is 11.8 Å². The third-order valence-electron chi connectivity index (χ3n) is 3.61.